The topological polar surface area (TPSA) is 174 Å². The molecule has 2 amide bonds. The number of rotatable bonds is 12. The second kappa shape index (κ2) is 17.0. The minimum Gasteiger partial charge on any atom is -0.507 e. The van der Waals surface area contributed by atoms with E-state index in [0.29, 0.717) is 28.9 Å². The van der Waals surface area contributed by atoms with Gasteiger partial charge in [-0.05, 0) is 93.7 Å². The maximum atomic E-state index is 14.4. The molecule has 9 rings (SSSR count). The van der Waals surface area contributed by atoms with Gasteiger partial charge in [0.05, 0.1) is 39.1 Å². The Morgan fingerprint density at radius 3 is 2.45 bits per heavy atom. The number of aliphatic hydroxyl groups is 1. The fourth-order valence-corrected chi connectivity index (χ4v) is 10.7. The number of amides is 2. The lowest BCUT2D eigenvalue weighted by Crippen LogP contribution is -2.52. The summed E-state index contributed by atoms with van der Waals surface area (Å²) in [5, 5.41) is 38.5. The summed E-state index contributed by atoms with van der Waals surface area (Å²) >= 11 is 1.60. The Labute approximate surface area is 366 Å². The first-order chi connectivity index (χ1) is 29.8. The van der Waals surface area contributed by atoms with Crippen molar-refractivity contribution in [2.24, 2.45) is 11.8 Å². The molecule has 3 fully saturated rings. The quantitative estimate of drug-likeness (QED) is 0.0949. The van der Waals surface area contributed by atoms with Crippen molar-refractivity contribution < 1.29 is 24.3 Å². The van der Waals surface area contributed by atoms with Gasteiger partial charge < -0.3 is 34.8 Å². The number of likely N-dealkylation sites (tertiary alicyclic amines) is 2. The van der Waals surface area contributed by atoms with Gasteiger partial charge in [-0.1, -0.05) is 55.4 Å². The van der Waals surface area contributed by atoms with Gasteiger partial charge in [0.1, 0.15) is 23.5 Å². The summed E-state index contributed by atoms with van der Waals surface area (Å²) in [6.07, 6.45) is 3.60. The maximum Gasteiger partial charge on any atom is 0.243 e. The third-order valence-electron chi connectivity index (χ3n) is 13.5. The van der Waals surface area contributed by atoms with Gasteiger partial charge in [0.15, 0.2) is 5.65 Å². The van der Waals surface area contributed by atoms with Crippen molar-refractivity contribution in [2.45, 2.75) is 102 Å². The zero-order chi connectivity index (χ0) is 43.3. The molecule has 0 bridgehead atoms. The second-order valence-electron chi connectivity index (χ2n) is 18.6. The van der Waals surface area contributed by atoms with E-state index in [9.17, 15) is 19.8 Å². The summed E-state index contributed by atoms with van der Waals surface area (Å²) in [6.45, 7) is 13.0. The number of aromatic hydroxyl groups is 1. The molecule has 1 aliphatic carbocycles. The summed E-state index contributed by atoms with van der Waals surface area (Å²) in [5.74, 6) is 0.740. The van der Waals surface area contributed by atoms with Crippen LogP contribution in [0, 0.1) is 18.8 Å². The number of fused-ring (bicyclic) bond motifs is 1. The molecule has 4 aromatic heterocycles. The van der Waals surface area contributed by atoms with Gasteiger partial charge in [-0.2, -0.15) is 0 Å². The minimum absolute atomic E-state index is 0.0877. The Kier molecular flexibility index (Phi) is 11.5. The Balaban J connectivity index is 0.780. The average Bonchev–Trinajstić information content (AvgIpc) is 4.06. The number of carbonyl (C=O) groups is 2. The third-order valence-corrected chi connectivity index (χ3v) is 14.4. The number of β-amino-alcohol motifs (C(OH)–C–C–N with tert-alkyl or cyclic N) is 1. The van der Waals surface area contributed by atoms with Crippen LogP contribution in [0.1, 0.15) is 106 Å². The smallest absolute Gasteiger partial charge is 0.243 e. The third kappa shape index (κ3) is 8.39. The minimum atomic E-state index is -0.808. The Morgan fingerprint density at radius 1 is 0.984 bits per heavy atom. The number of aliphatic hydroxyl groups excluding tert-OH is 1. The van der Waals surface area contributed by atoms with Crippen LogP contribution in [0.2, 0.25) is 0 Å². The van der Waals surface area contributed by atoms with E-state index in [1.165, 1.54) is 5.69 Å². The van der Waals surface area contributed by atoms with Crippen molar-refractivity contribution in [3.05, 3.63) is 101 Å². The van der Waals surface area contributed by atoms with E-state index in [1.807, 2.05) is 88.7 Å². The van der Waals surface area contributed by atoms with Crippen LogP contribution in [-0.2, 0) is 15.1 Å². The molecule has 13 nitrogen and oxygen atoms in total. The lowest BCUT2D eigenvalue weighted by Gasteiger charge is -2.42. The molecule has 14 heteroatoms. The number of hydrogen-bond acceptors (Lipinski definition) is 11. The van der Waals surface area contributed by atoms with Gasteiger partial charge in [0, 0.05) is 67.1 Å². The number of phenolic OH excluding ortho intramolecular Hbond substituents is 1. The first-order valence-electron chi connectivity index (χ1n) is 22.0. The van der Waals surface area contributed by atoms with Crippen molar-refractivity contribution in [1.29, 1.82) is 0 Å². The molecule has 3 aliphatic rings. The number of aromatic nitrogens is 5. The number of H-pyrrole nitrogens is 1. The zero-order valence-electron chi connectivity index (χ0n) is 36.0. The normalized spacial score (nSPS) is 21.7. The molecule has 6 aromatic rings. The largest absolute Gasteiger partial charge is 0.507 e. The standard InChI is InChI=1S/C48H56N8O5S/c1-27(2)43(47(60)56-25-35(57)20-40(56)46(59)51-48(4,5)34-16-14-31(15-17-34)44-28(3)49-26-62-44)42-21-38(54-61-42)30-12-10-29(11-13-30)22-55-23-33(24-55)37-18-32-19-39(52-53-45(32)50-37)36-8-6-7-9-41(36)58/h6-9,14-19,21,26-27,29-30,33,35,40,43,57-58H,10-13,20,22-25H2,1-5H3,(H,50,53)(H,51,59)/t29?,30?,35-,40+,43-/m1/s1. The molecular weight excluding hydrogens is 801 g/mol. The van der Waals surface area contributed by atoms with Crippen molar-refractivity contribution >= 4 is 34.2 Å². The van der Waals surface area contributed by atoms with E-state index < -0.39 is 23.6 Å². The average molecular weight is 857 g/mol. The number of aromatic amines is 1. The maximum absolute atomic E-state index is 14.4. The lowest BCUT2D eigenvalue weighted by molar-refractivity contribution is -0.141. The van der Waals surface area contributed by atoms with Crippen LogP contribution < -0.4 is 5.32 Å². The molecule has 4 N–H and O–H groups in total. The van der Waals surface area contributed by atoms with Gasteiger partial charge in [-0.3, -0.25) is 9.59 Å². The molecular formula is C48H56N8O5S. The molecule has 6 heterocycles. The van der Waals surface area contributed by atoms with Crippen molar-refractivity contribution in [1.82, 2.24) is 40.4 Å². The lowest BCUT2D eigenvalue weighted by atomic mass is 9.79. The number of nitrogens with zero attached hydrogens (tertiary/aromatic N) is 6. The number of benzene rings is 2. The molecule has 2 aromatic carbocycles. The number of carbonyl (C=O) groups excluding carboxylic acids is 2. The molecule has 324 valence electrons. The number of aryl methyl sites for hydroxylation is 1. The van der Waals surface area contributed by atoms with E-state index >= 15 is 0 Å². The summed E-state index contributed by atoms with van der Waals surface area (Å²) in [4.78, 5) is 41.4. The number of para-hydroxylation sites is 1. The van der Waals surface area contributed by atoms with Crippen molar-refractivity contribution in [2.75, 3.05) is 26.2 Å². The fourth-order valence-electron chi connectivity index (χ4n) is 9.86. The first-order valence-corrected chi connectivity index (χ1v) is 22.8. The van der Waals surface area contributed by atoms with Gasteiger partial charge in [-0.15, -0.1) is 21.5 Å². The van der Waals surface area contributed by atoms with E-state index in [1.54, 1.807) is 28.4 Å². The molecule has 62 heavy (non-hydrogen) atoms. The zero-order valence-corrected chi connectivity index (χ0v) is 36.9. The predicted molar refractivity (Wildman–Crippen MR) is 239 cm³/mol. The highest BCUT2D eigenvalue weighted by molar-refractivity contribution is 7.13. The van der Waals surface area contributed by atoms with Gasteiger partial charge in [-0.25, -0.2) is 4.98 Å². The van der Waals surface area contributed by atoms with E-state index in [2.05, 4.69) is 41.6 Å². The molecule has 1 saturated carbocycles. The Morgan fingerprint density at radius 2 is 1.74 bits per heavy atom. The van der Waals surface area contributed by atoms with Crippen LogP contribution in [0.4, 0.5) is 0 Å². The van der Waals surface area contributed by atoms with Crippen LogP contribution in [0.5, 0.6) is 5.75 Å². The monoisotopic (exact) mass is 856 g/mol. The van der Waals surface area contributed by atoms with E-state index in [-0.39, 0.29) is 42.4 Å². The van der Waals surface area contributed by atoms with Crippen LogP contribution >= 0.6 is 11.3 Å². The summed E-state index contributed by atoms with van der Waals surface area (Å²) in [6, 6.07) is 20.6. The molecule has 3 atom stereocenters. The molecule has 0 radical (unpaired) electrons. The highest BCUT2D eigenvalue weighted by atomic mass is 32.1. The van der Waals surface area contributed by atoms with Crippen LogP contribution in [0.25, 0.3) is 32.7 Å². The highest BCUT2D eigenvalue weighted by Gasteiger charge is 2.44. The summed E-state index contributed by atoms with van der Waals surface area (Å²) in [7, 11) is 0. The Bertz CT molecular complexity index is 2550. The first kappa shape index (κ1) is 41.9. The van der Waals surface area contributed by atoms with Crippen molar-refractivity contribution in [3.63, 3.8) is 0 Å². The Hall–Kier alpha value is -5.44. The van der Waals surface area contributed by atoms with Crippen LogP contribution in [-0.4, -0.2) is 95.5 Å². The van der Waals surface area contributed by atoms with E-state index in [0.717, 1.165) is 83.7 Å². The van der Waals surface area contributed by atoms with Crippen LogP contribution in [0.3, 0.4) is 0 Å². The number of hydrogen-bond donors (Lipinski definition) is 4. The highest BCUT2D eigenvalue weighted by Crippen LogP contribution is 2.40. The van der Waals surface area contributed by atoms with Gasteiger partial charge in [0.25, 0.3) is 0 Å². The SMILES string of the molecule is Cc1ncsc1-c1ccc(C(C)(C)NC(=O)[C@@H]2C[C@@H](O)CN2C(=O)[C@@H](c2cc(C3CCC(CN4CC(c5cc6cc(-c7ccccc7O)nnc6[nH]5)C4)CC3)no2)C(C)C)cc1. The number of nitrogens with one attached hydrogen (secondary N) is 2. The number of phenols is 1. The molecule has 0 unspecified atom stereocenters. The van der Waals surface area contributed by atoms with Gasteiger partial charge >= 0.3 is 0 Å². The summed E-state index contributed by atoms with van der Waals surface area (Å²) < 4.78 is 5.96. The molecule has 2 saturated heterocycles. The van der Waals surface area contributed by atoms with Crippen LogP contribution in [0.15, 0.2) is 76.8 Å². The second-order valence-corrected chi connectivity index (χ2v) is 19.5. The predicted octanol–water partition coefficient (Wildman–Crippen LogP) is 7.88. The summed E-state index contributed by atoms with van der Waals surface area (Å²) in [5.41, 5.74) is 8.27. The van der Waals surface area contributed by atoms with Crippen molar-refractivity contribution in [3.8, 4) is 27.4 Å². The molecule has 0 spiro atoms. The molecule has 2 aliphatic heterocycles. The van der Waals surface area contributed by atoms with Gasteiger partial charge in [0.2, 0.25) is 11.8 Å². The fraction of sp³-hybridized carbons (Fsp3) is 0.458. The van der Waals surface area contributed by atoms with E-state index in [4.69, 9.17) is 4.52 Å². The number of thiazole rings is 1.